The molecule has 1 aromatic carbocycles. The minimum absolute atomic E-state index is 0.0695. The van der Waals surface area contributed by atoms with Crippen LogP contribution in [0.4, 0.5) is 24.7 Å². The third-order valence-corrected chi connectivity index (χ3v) is 5.89. The van der Waals surface area contributed by atoms with Crippen LogP contribution in [0.2, 0.25) is 0 Å². The number of nitrogens with one attached hydrogen (secondary N) is 1. The molecule has 3 heterocycles. The van der Waals surface area contributed by atoms with Crippen LogP contribution in [-0.2, 0) is 7.05 Å². The number of hydrogen-bond donors (Lipinski definition) is 2. The second kappa shape index (κ2) is 7.59. The Labute approximate surface area is 165 Å². The molecule has 6 nitrogen and oxygen atoms in total. The maximum Gasteiger partial charge on any atom is 0.151 e. The number of halogens is 3. The molecule has 2 aliphatic heterocycles. The number of thioether (sulfide) groups is 1. The van der Waals surface area contributed by atoms with E-state index < -0.39 is 23.2 Å². The van der Waals surface area contributed by atoms with Gasteiger partial charge in [-0.25, -0.2) is 13.2 Å². The maximum absolute atomic E-state index is 14.5. The SMILES string of the molecule is Cn1ncc(N2C=C(N)SC2c2c(F)cccc2F)c1N1CCNCC(F)C1. The van der Waals surface area contributed by atoms with Crippen LogP contribution in [0.15, 0.2) is 35.6 Å². The first-order valence-electron chi connectivity index (χ1n) is 8.93. The van der Waals surface area contributed by atoms with Crippen molar-refractivity contribution < 1.29 is 13.2 Å². The van der Waals surface area contributed by atoms with Crippen molar-refractivity contribution in [1.82, 2.24) is 15.1 Å². The van der Waals surface area contributed by atoms with E-state index in [2.05, 4.69) is 10.4 Å². The number of hydrogen-bond acceptors (Lipinski definition) is 6. The average molecular weight is 410 g/mol. The second-order valence-corrected chi connectivity index (χ2v) is 7.92. The first-order valence-corrected chi connectivity index (χ1v) is 9.81. The Morgan fingerprint density at radius 1 is 1.29 bits per heavy atom. The molecule has 0 amide bonds. The molecule has 2 aromatic rings. The summed E-state index contributed by atoms with van der Waals surface area (Å²) >= 11 is 1.16. The minimum atomic E-state index is -1.03. The summed E-state index contributed by atoms with van der Waals surface area (Å²) in [4.78, 5) is 3.60. The summed E-state index contributed by atoms with van der Waals surface area (Å²) in [6, 6.07) is 3.78. The van der Waals surface area contributed by atoms with Gasteiger partial charge in [0.05, 0.1) is 23.3 Å². The lowest BCUT2D eigenvalue weighted by Crippen LogP contribution is -2.33. The lowest BCUT2D eigenvalue weighted by atomic mass is 10.1. The molecule has 10 heteroatoms. The van der Waals surface area contributed by atoms with Gasteiger partial charge in [0.2, 0.25) is 0 Å². The van der Waals surface area contributed by atoms with E-state index in [1.807, 2.05) is 4.90 Å². The first-order chi connectivity index (χ1) is 13.5. The molecule has 3 N–H and O–H groups in total. The number of benzene rings is 1. The summed E-state index contributed by atoms with van der Waals surface area (Å²) in [6.45, 7) is 1.71. The van der Waals surface area contributed by atoms with Crippen molar-refractivity contribution in [2.24, 2.45) is 12.8 Å². The van der Waals surface area contributed by atoms with E-state index in [1.54, 1.807) is 29.0 Å². The number of anilines is 2. The second-order valence-electron chi connectivity index (χ2n) is 6.77. The van der Waals surface area contributed by atoms with E-state index in [0.717, 1.165) is 11.8 Å². The summed E-state index contributed by atoms with van der Waals surface area (Å²) in [7, 11) is 1.76. The van der Waals surface area contributed by atoms with E-state index in [1.165, 1.54) is 18.2 Å². The third kappa shape index (κ3) is 3.42. The monoisotopic (exact) mass is 410 g/mol. The summed E-state index contributed by atoms with van der Waals surface area (Å²) in [5, 5.41) is 7.09. The number of rotatable bonds is 3. The van der Waals surface area contributed by atoms with Gasteiger partial charge in [-0.15, -0.1) is 0 Å². The lowest BCUT2D eigenvalue weighted by Gasteiger charge is -2.30. The Bertz CT molecular complexity index is 881. The van der Waals surface area contributed by atoms with Gasteiger partial charge in [0.25, 0.3) is 0 Å². The van der Waals surface area contributed by atoms with Gasteiger partial charge < -0.3 is 20.9 Å². The van der Waals surface area contributed by atoms with Gasteiger partial charge in [0, 0.05) is 32.9 Å². The largest absolute Gasteiger partial charge is 0.392 e. The Morgan fingerprint density at radius 2 is 2.04 bits per heavy atom. The summed E-state index contributed by atoms with van der Waals surface area (Å²) in [6.07, 6.45) is 2.23. The minimum Gasteiger partial charge on any atom is -0.392 e. The molecule has 2 aliphatic rings. The molecular weight excluding hydrogens is 389 g/mol. The van der Waals surface area contributed by atoms with Crippen LogP contribution in [-0.4, -0.2) is 42.1 Å². The van der Waals surface area contributed by atoms with Crippen LogP contribution in [0.5, 0.6) is 0 Å². The fraction of sp³-hybridized carbons (Fsp3) is 0.389. The summed E-state index contributed by atoms with van der Waals surface area (Å²) in [5.74, 6) is -0.600. The molecule has 28 heavy (non-hydrogen) atoms. The van der Waals surface area contributed by atoms with Crippen molar-refractivity contribution in [3.05, 3.63) is 52.8 Å². The average Bonchev–Trinajstić information content (AvgIpc) is 3.12. The van der Waals surface area contributed by atoms with E-state index in [0.29, 0.717) is 36.2 Å². The van der Waals surface area contributed by atoms with Crippen molar-refractivity contribution >= 4 is 23.3 Å². The van der Waals surface area contributed by atoms with E-state index >= 15 is 0 Å². The Kier molecular flexibility index (Phi) is 5.15. The molecule has 0 spiro atoms. The molecule has 1 fully saturated rings. The molecule has 0 saturated carbocycles. The van der Waals surface area contributed by atoms with Gasteiger partial charge in [-0.2, -0.15) is 5.10 Å². The molecule has 1 saturated heterocycles. The number of alkyl halides is 1. The van der Waals surface area contributed by atoms with Gasteiger partial charge in [0.1, 0.15) is 28.9 Å². The highest BCUT2D eigenvalue weighted by atomic mass is 32.2. The van der Waals surface area contributed by atoms with Gasteiger partial charge in [-0.3, -0.25) is 4.68 Å². The van der Waals surface area contributed by atoms with Crippen molar-refractivity contribution in [1.29, 1.82) is 0 Å². The van der Waals surface area contributed by atoms with Crippen molar-refractivity contribution in [2.75, 3.05) is 36.0 Å². The normalized spacial score (nSPS) is 23.1. The predicted molar refractivity (Wildman–Crippen MR) is 105 cm³/mol. The third-order valence-electron chi connectivity index (χ3n) is 4.82. The van der Waals surface area contributed by atoms with Crippen LogP contribution in [0.25, 0.3) is 0 Å². The zero-order chi connectivity index (χ0) is 19.8. The first kappa shape index (κ1) is 19.0. The zero-order valence-electron chi connectivity index (χ0n) is 15.3. The van der Waals surface area contributed by atoms with Crippen molar-refractivity contribution in [3.63, 3.8) is 0 Å². The van der Waals surface area contributed by atoms with Crippen molar-refractivity contribution in [2.45, 2.75) is 11.5 Å². The molecule has 0 aliphatic carbocycles. The summed E-state index contributed by atoms with van der Waals surface area (Å²) in [5.41, 5.74) is 6.55. The Morgan fingerprint density at radius 3 is 2.79 bits per heavy atom. The van der Waals surface area contributed by atoms with Crippen LogP contribution in [0.1, 0.15) is 10.9 Å². The molecule has 4 rings (SSSR count). The van der Waals surface area contributed by atoms with Crippen LogP contribution >= 0.6 is 11.8 Å². The number of nitrogens with zero attached hydrogens (tertiary/aromatic N) is 4. The molecule has 2 unspecified atom stereocenters. The lowest BCUT2D eigenvalue weighted by molar-refractivity contribution is 0.337. The van der Waals surface area contributed by atoms with E-state index in [-0.39, 0.29) is 12.1 Å². The molecule has 0 bridgehead atoms. The smallest absolute Gasteiger partial charge is 0.151 e. The Balaban J connectivity index is 1.75. The van der Waals surface area contributed by atoms with Gasteiger partial charge in [-0.1, -0.05) is 17.8 Å². The predicted octanol–water partition coefficient (Wildman–Crippen LogP) is 2.46. The van der Waals surface area contributed by atoms with Crippen LogP contribution < -0.4 is 20.9 Å². The highest BCUT2D eigenvalue weighted by Gasteiger charge is 2.35. The highest BCUT2D eigenvalue weighted by Crippen LogP contribution is 2.48. The van der Waals surface area contributed by atoms with Crippen molar-refractivity contribution in [3.8, 4) is 0 Å². The molecule has 0 radical (unpaired) electrons. The standard InChI is InChI=1S/C18H21F3N6S/c1-25-17(26-6-5-23-7-11(19)9-26)14(8-24-25)27-10-15(22)28-18(27)16-12(20)3-2-4-13(16)21/h2-4,8,10-11,18,23H,5-7,9,22H2,1H3. The molecular formula is C18H21F3N6S. The fourth-order valence-corrected chi connectivity index (χ4v) is 4.65. The van der Waals surface area contributed by atoms with Gasteiger partial charge in [0.15, 0.2) is 5.82 Å². The van der Waals surface area contributed by atoms with Gasteiger partial charge in [-0.05, 0) is 12.1 Å². The zero-order valence-corrected chi connectivity index (χ0v) is 16.1. The Hall–Kier alpha value is -2.33. The van der Waals surface area contributed by atoms with E-state index in [9.17, 15) is 13.2 Å². The number of nitrogens with two attached hydrogens (primary N) is 1. The van der Waals surface area contributed by atoms with Crippen LogP contribution in [0, 0.1) is 11.6 Å². The summed E-state index contributed by atoms with van der Waals surface area (Å²) < 4.78 is 44.7. The fourth-order valence-electron chi connectivity index (χ4n) is 3.59. The van der Waals surface area contributed by atoms with Crippen LogP contribution in [0.3, 0.4) is 0 Å². The molecule has 150 valence electrons. The van der Waals surface area contributed by atoms with E-state index in [4.69, 9.17) is 5.73 Å². The highest BCUT2D eigenvalue weighted by molar-refractivity contribution is 8.03. The quantitative estimate of drug-likeness (QED) is 0.811. The molecule has 2 atom stereocenters. The maximum atomic E-state index is 14.5. The topological polar surface area (TPSA) is 62.4 Å². The molecule has 1 aromatic heterocycles. The number of aryl methyl sites for hydroxylation is 1. The van der Waals surface area contributed by atoms with Gasteiger partial charge >= 0.3 is 0 Å². The number of aromatic nitrogens is 2.